The smallest absolute Gasteiger partial charge is 0.191 e. The second-order valence-electron chi connectivity index (χ2n) is 6.66. The van der Waals surface area contributed by atoms with Crippen LogP contribution in [-0.2, 0) is 17.8 Å². The molecule has 0 fully saturated rings. The molecule has 0 aliphatic rings. The van der Waals surface area contributed by atoms with E-state index in [1.165, 1.54) is 11.1 Å². The number of ether oxygens (including phenoxy) is 1. The predicted molar refractivity (Wildman–Crippen MR) is 118 cm³/mol. The fourth-order valence-electron chi connectivity index (χ4n) is 2.13. The van der Waals surface area contributed by atoms with E-state index < -0.39 is 0 Å². The zero-order valence-corrected chi connectivity index (χ0v) is 18.9. The van der Waals surface area contributed by atoms with E-state index in [1.807, 2.05) is 0 Å². The Hall–Kier alpha value is -0.860. The van der Waals surface area contributed by atoms with Gasteiger partial charge in [0.15, 0.2) is 5.96 Å². The molecule has 0 spiro atoms. The largest absolute Gasteiger partial charge is 0.377 e. The standard InChI is InChI=1S/C19H34N4O.HI/c1-7-20-18(22-15-19(3,4)24-6)21-13-16-10-9-11-17(12-16)14-23(5)8-2;/h9-12H,7-8,13-15H2,1-6H3,(H2,20,21,22);1H. The Morgan fingerprint density at radius 2 is 1.88 bits per heavy atom. The number of nitrogens with zero attached hydrogens (tertiary/aromatic N) is 2. The van der Waals surface area contributed by atoms with Gasteiger partial charge in [0.05, 0.1) is 12.1 Å². The third-order valence-corrected chi connectivity index (χ3v) is 3.98. The summed E-state index contributed by atoms with van der Waals surface area (Å²) in [6.45, 7) is 12.6. The van der Waals surface area contributed by atoms with Gasteiger partial charge in [-0.1, -0.05) is 31.2 Å². The Kier molecular flexibility index (Phi) is 12.1. The maximum atomic E-state index is 5.44. The molecule has 144 valence electrons. The highest BCUT2D eigenvalue weighted by molar-refractivity contribution is 14.0. The van der Waals surface area contributed by atoms with Crippen LogP contribution in [0.1, 0.15) is 38.8 Å². The first-order chi connectivity index (χ1) is 11.4. The van der Waals surface area contributed by atoms with Crippen molar-refractivity contribution in [2.45, 2.75) is 46.4 Å². The van der Waals surface area contributed by atoms with E-state index in [9.17, 15) is 0 Å². The van der Waals surface area contributed by atoms with Crippen molar-refractivity contribution in [1.29, 1.82) is 0 Å². The first-order valence-corrected chi connectivity index (χ1v) is 8.74. The van der Waals surface area contributed by atoms with Crippen molar-refractivity contribution in [3.8, 4) is 0 Å². The van der Waals surface area contributed by atoms with Gasteiger partial charge in [0, 0.05) is 26.7 Å². The van der Waals surface area contributed by atoms with E-state index >= 15 is 0 Å². The van der Waals surface area contributed by atoms with Crippen LogP contribution in [-0.4, -0.2) is 50.3 Å². The third-order valence-electron chi connectivity index (χ3n) is 3.98. The van der Waals surface area contributed by atoms with Crippen molar-refractivity contribution in [1.82, 2.24) is 15.5 Å². The average molecular weight is 462 g/mol. The van der Waals surface area contributed by atoms with Crippen LogP contribution in [0.3, 0.4) is 0 Å². The minimum absolute atomic E-state index is 0. The van der Waals surface area contributed by atoms with Gasteiger partial charge in [-0.25, -0.2) is 4.99 Å². The van der Waals surface area contributed by atoms with Gasteiger partial charge in [0.2, 0.25) is 0 Å². The molecule has 0 unspecified atom stereocenters. The van der Waals surface area contributed by atoms with Crippen molar-refractivity contribution >= 4 is 29.9 Å². The second kappa shape index (κ2) is 12.5. The van der Waals surface area contributed by atoms with E-state index in [4.69, 9.17) is 4.74 Å². The Labute approximate surface area is 170 Å². The number of benzene rings is 1. The molecule has 0 radical (unpaired) electrons. The fourth-order valence-corrected chi connectivity index (χ4v) is 2.13. The van der Waals surface area contributed by atoms with Crippen LogP contribution in [0.2, 0.25) is 0 Å². The molecule has 1 aromatic rings. The summed E-state index contributed by atoms with van der Waals surface area (Å²) in [5.41, 5.74) is 2.33. The zero-order chi connectivity index (χ0) is 18.0. The number of aliphatic imine (C=N–C) groups is 1. The Morgan fingerprint density at radius 3 is 2.48 bits per heavy atom. The Morgan fingerprint density at radius 1 is 1.20 bits per heavy atom. The molecule has 25 heavy (non-hydrogen) atoms. The molecule has 0 aromatic heterocycles. The van der Waals surface area contributed by atoms with Gasteiger partial charge >= 0.3 is 0 Å². The summed E-state index contributed by atoms with van der Waals surface area (Å²) in [7, 11) is 3.86. The monoisotopic (exact) mass is 462 g/mol. The van der Waals surface area contributed by atoms with E-state index in [1.54, 1.807) is 7.11 Å². The summed E-state index contributed by atoms with van der Waals surface area (Å²) in [4.78, 5) is 6.98. The summed E-state index contributed by atoms with van der Waals surface area (Å²) in [6.07, 6.45) is 0. The van der Waals surface area contributed by atoms with Crippen LogP contribution in [0.5, 0.6) is 0 Å². The molecule has 1 rings (SSSR count). The first kappa shape index (κ1) is 24.1. The summed E-state index contributed by atoms with van der Waals surface area (Å²) in [5, 5.41) is 6.62. The van der Waals surface area contributed by atoms with E-state index in [-0.39, 0.29) is 29.6 Å². The summed E-state index contributed by atoms with van der Waals surface area (Å²) < 4.78 is 5.44. The van der Waals surface area contributed by atoms with Gasteiger partial charge in [0.25, 0.3) is 0 Å². The summed E-state index contributed by atoms with van der Waals surface area (Å²) >= 11 is 0. The molecule has 0 atom stereocenters. The molecular formula is C19H35IN4O. The van der Waals surface area contributed by atoms with E-state index in [0.717, 1.165) is 25.6 Å². The topological polar surface area (TPSA) is 48.9 Å². The van der Waals surface area contributed by atoms with Crippen molar-refractivity contribution in [3.05, 3.63) is 35.4 Å². The zero-order valence-electron chi connectivity index (χ0n) is 16.6. The quantitative estimate of drug-likeness (QED) is 0.336. The lowest BCUT2D eigenvalue weighted by molar-refractivity contribution is 0.0268. The summed E-state index contributed by atoms with van der Waals surface area (Å²) in [6, 6.07) is 8.64. The van der Waals surface area contributed by atoms with Crippen molar-refractivity contribution in [2.24, 2.45) is 4.99 Å². The maximum Gasteiger partial charge on any atom is 0.191 e. The second-order valence-corrected chi connectivity index (χ2v) is 6.66. The van der Waals surface area contributed by atoms with Crippen LogP contribution < -0.4 is 10.6 Å². The van der Waals surface area contributed by atoms with Crippen LogP contribution in [0.15, 0.2) is 29.3 Å². The lowest BCUT2D eigenvalue weighted by Gasteiger charge is -2.24. The van der Waals surface area contributed by atoms with E-state index in [2.05, 4.69) is 79.5 Å². The Bertz CT molecular complexity index is 520. The molecule has 6 heteroatoms. The van der Waals surface area contributed by atoms with Gasteiger partial charge in [0.1, 0.15) is 0 Å². The fraction of sp³-hybridized carbons (Fsp3) is 0.632. The van der Waals surface area contributed by atoms with Gasteiger partial charge < -0.3 is 20.3 Å². The number of hydrogen-bond acceptors (Lipinski definition) is 3. The number of guanidine groups is 1. The molecule has 1 aromatic carbocycles. The minimum Gasteiger partial charge on any atom is -0.377 e. The highest BCUT2D eigenvalue weighted by Crippen LogP contribution is 2.09. The van der Waals surface area contributed by atoms with Crippen molar-refractivity contribution in [3.63, 3.8) is 0 Å². The highest BCUT2D eigenvalue weighted by atomic mass is 127. The average Bonchev–Trinajstić information content (AvgIpc) is 2.57. The molecule has 0 saturated carbocycles. The Balaban J connectivity index is 0.00000576. The lowest BCUT2D eigenvalue weighted by Crippen LogP contribution is -2.45. The number of hydrogen-bond donors (Lipinski definition) is 2. The summed E-state index contributed by atoms with van der Waals surface area (Å²) in [5.74, 6) is 0.818. The number of nitrogens with one attached hydrogen (secondary N) is 2. The maximum absolute atomic E-state index is 5.44. The molecule has 5 nitrogen and oxygen atoms in total. The predicted octanol–water partition coefficient (Wildman–Crippen LogP) is 3.24. The van der Waals surface area contributed by atoms with E-state index in [0.29, 0.717) is 13.1 Å². The minimum atomic E-state index is -0.221. The van der Waals surface area contributed by atoms with Gasteiger partial charge in [-0.2, -0.15) is 0 Å². The number of rotatable bonds is 9. The molecular weight excluding hydrogens is 427 g/mol. The molecule has 0 aliphatic heterocycles. The van der Waals surface area contributed by atoms with Crippen molar-refractivity contribution in [2.75, 3.05) is 33.8 Å². The molecule has 0 aliphatic carbocycles. The van der Waals surface area contributed by atoms with Crippen LogP contribution in [0.25, 0.3) is 0 Å². The van der Waals surface area contributed by atoms with Gasteiger partial charge in [-0.05, 0) is 45.5 Å². The normalized spacial score (nSPS) is 12.0. The third kappa shape index (κ3) is 10.0. The molecule has 0 saturated heterocycles. The van der Waals surface area contributed by atoms with Gasteiger partial charge in [-0.15, -0.1) is 24.0 Å². The van der Waals surface area contributed by atoms with Crippen molar-refractivity contribution < 1.29 is 4.74 Å². The van der Waals surface area contributed by atoms with Gasteiger partial charge in [-0.3, -0.25) is 0 Å². The SMILES string of the molecule is CCNC(=NCc1cccc(CN(C)CC)c1)NCC(C)(C)OC.I. The number of methoxy groups -OCH3 is 1. The lowest BCUT2D eigenvalue weighted by atomic mass is 10.1. The first-order valence-electron chi connectivity index (χ1n) is 8.74. The van der Waals surface area contributed by atoms with Crippen LogP contribution >= 0.6 is 24.0 Å². The highest BCUT2D eigenvalue weighted by Gasteiger charge is 2.16. The molecule has 0 amide bonds. The van der Waals surface area contributed by atoms with Crippen LogP contribution in [0, 0.1) is 0 Å². The molecule has 0 heterocycles. The molecule has 0 bridgehead atoms. The molecule has 2 N–H and O–H groups in total. The number of halogens is 1. The van der Waals surface area contributed by atoms with Crippen LogP contribution in [0.4, 0.5) is 0 Å².